The second kappa shape index (κ2) is 7.98. The van der Waals surface area contributed by atoms with Gasteiger partial charge in [-0.25, -0.2) is 0 Å². The predicted octanol–water partition coefficient (Wildman–Crippen LogP) is 3.13. The highest BCUT2D eigenvalue weighted by Gasteiger charge is 2.13. The van der Waals surface area contributed by atoms with Gasteiger partial charge in [-0.3, -0.25) is 4.79 Å². The number of halogens is 2. The number of quaternary nitrogens is 1. The predicted molar refractivity (Wildman–Crippen MR) is 91.5 cm³/mol. The molecule has 1 amide bonds. The Balaban J connectivity index is 1.95. The number of hydrogen-bond acceptors (Lipinski definition) is 2. The molecule has 0 bridgehead atoms. The molecule has 0 fully saturated rings. The zero-order valence-electron chi connectivity index (χ0n) is 12.5. The maximum absolute atomic E-state index is 12.1. The molecule has 0 aromatic heterocycles. The summed E-state index contributed by atoms with van der Waals surface area (Å²) >= 11 is 11.9. The van der Waals surface area contributed by atoms with Gasteiger partial charge in [-0.2, -0.15) is 5.26 Å². The van der Waals surface area contributed by atoms with Crippen molar-refractivity contribution in [2.24, 2.45) is 0 Å². The number of carbonyl (C=O) groups is 1. The lowest BCUT2D eigenvalue weighted by Gasteiger charge is -2.12. The fourth-order valence-corrected chi connectivity index (χ4v) is 2.50. The molecule has 0 spiro atoms. The molecular formula is C17H16Cl2N3O+. The number of nitrogens with one attached hydrogen (secondary N) is 1. The van der Waals surface area contributed by atoms with Crippen molar-refractivity contribution in [3.63, 3.8) is 0 Å². The van der Waals surface area contributed by atoms with Crippen LogP contribution >= 0.6 is 23.2 Å². The largest absolute Gasteiger partial charge is 0.333 e. The highest BCUT2D eigenvalue weighted by molar-refractivity contribution is 6.31. The Morgan fingerprint density at radius 2 is 2.00 bits per heavy atom. The van der Waals surface area contributed by atoms with Crippen LogP contribution in [0.2, 0.25) is 10.0 Å². The van der Waals surface area contributed by atoms with E-state index in [-0.39, 0.29) is 18.5 Å². The molecule has 0 saturated carbocycles. The van der Waals surface area contributed by atoms with Gasteiger partial charge in [0.15, 0.2) is 6.54 Å². The van der Waals surface area contributed by atoms with Gasteiger partial charge >= 0.3 is 0 Å². The van der Waals surface area contributed by atoms with E-state index >= 15 is 0 Å². The van der Waals surface area contributed by atoms with Crippen molar-refractivity contribution in [3.05, 3.63) is 63.6 Å². The summed E-state index contributed by atoms with van der Waals surface area (Å²) in [5.41, 5.74) is 1.85. The van der Waals surface area contributed by atoms with E-state index in [9.17, 15) is 4.79 Å². The number of carbonyl (C=O) groups excluding carboxylic acids is 1. The lowest BCUT2D eigenvalue weighted by Crippen LogP contribution is -2.86. The van der Waals surface area contributed by atoms with Gasteiger partial charge in [0.25, 0.3) is 5.91 Å². The monoisotopic (exact) mass is 348 g/mol. The molecule has 0 unspecified atom stereocenters. The fourth-order valence-electron chi connectivity index (χ4n) is 2.13. The molecule has 23 heavy (non-hydrogen) atoms. The summed E-state index contributed by atoms with van der Waals surface area (Å²) in [4.78, 5) is 12.1. The fraction of sp³-hybridized carbons (Fsp3) is 0.176. The topological polar surface area (TPSA) is 69.5 Å². The van der Waals surface area contributed by atoms with E-state index in [1.54, 1.807) is 18.2 Å². The Morgan fingerprint density at radius 3 is 2.70 bits per heavy atom. The van der Waals surface area contributed by atoms with E-state index in [0.29, 0.717) is 21.3 Å². The first-order valence-corrected chi connectivity index (χ1v) is 7.83. The van der Waals surface area contributed by atoms with Gasteiger partial charge in [0, 0.05) is 15.6 Å². The van der Waals surface area contributed by atoms with E-state index in [1.807, 2.05) is 42.6 Å². The van der Waals surface area contributed by atoms with Crippen molar-refractivity contribution in [2.45, 2.75) is 13.0 Å². The summed E-state index contributed by atoms with van der Waals surface area (Å²) in [6.45, 7) is 2.23. The van der Waals surface area contributed by atoms with Gasteiger partial charge in [0.2, 0.25) is 0 Å². The van der Waals surface area contributed by atoms with Gasteiger partial charge in [-0.15, -0.1) is 0 Å². The third-order valence-electron chi connectivity index (χ3n) is 3.41. The van der Waals surface area contributed by atoms with E-state index < -0.39 is 0 Å². The van der Waals surface area contributed by atoms with E-state index in [4.69, 9.17) is 28.5 Å². The SMILES string of the molecule is C[C@H]([NH2+]CC(=O)Nc1cc(Cl)ccc1C#N)c1cccc(Cl)c1. The van der Waals surface area contributed by atoms with Crippen molar-refractivity contribution in [1.82, 2.24) is 0 Å². The molecular weight excluding hydrogens is 333 g/mol. The van der Waals surface area contributed by atoms with Gasteiger partial charge in [-0.1, -0.05) is 35.3 Å². The van der Waals surface area contributed by atoms with Gasteiger partial charge in [0.05, 0.1) is 11.3 Å². The van der Waals surface area contributed by atoms with Crippen LogP contribution in [0.5, 0.6) is 0 Å². The minimum absolute atomic E-state index is 0.0919. The summed E-state index contributed by atoms with van der Waals surface area (Å²) in [5.74, 6) is -0.197. The van der Waals surface area contributed by atoms with Crippen molar-refractivity contribution in [3.8, 4) is 6.07 Å². The number of anilines is 1. The average molecular weight is 349 g/mol. The van der Waals surface area contributed by atoms with Crippen LogP contribution in [0.25, 0.3) is 0 Å². The zero-order chi connectivity index (χ0) is 16.8. The van der Waals surface area contributed by atoms with E-state index in [2.05, 4.69) is 5.32 Å². The molecule has 2 aromatic carbocycles. The lowest BCUT2D eigenvalue weighted by atomic mass is 10.1. The molecule has 4 nitrogen and oxygen atoms in total. The van der Waals surface area contributed by atoms with Gasteiger partial charge < -0.3 is 10.6 Å². The first kappa shape index (κ1) is 17.3. The molecule has 118 valence electrons. The molecule has 2 rings (SSSR count). The first-order chi connectivity index (χ1) is 11.0. The van der Waals surface area contributed by atoms with Gasteiger partial charge in [-0.05, 0) is 37.3 Å². The second-order valence-corrected chi connectivity index (χ2v) is 6.01. The molecule has 0 aliphatic carbocycles. The number of hydrogen-bond donors (Lipinski definition) is 2. The Labute approximate surface area is 145 Å². The minimum atomic E-state index is -0.197. The lowest BCUT2D eigenvalue weighted by molar-refractivity contribution is -0.682. The van der Waals surface area contributed by atoms with Crippen molar-refractivity contribution >= 4 is 34.8 Å². The average Bonchev–Trinajstić information content (AvgIpc) is 2.53. The van der Waals surface area contributed by atoms with E-state index in [0.717, 1.165) is 5.56 Å². The van der Waals surface area contributed by atoms with Crippen molar-refractivity contribution < 1.29 is 10.1 Å². The molecule has 0 aliphatic heterocycles. The zero-order valence-corrected chi connectivity index (χ0v) is 14.0. The molecule has 0 aliphatic rings. The third-order valence-corrected chi connectivity index (χ3v) is 3.88. The Bertz CT molecular complexity index is 756. The molecule has 1 atom stereocenters. The molecule has 0 heterocycles. The number of benzene rings is 2. The molecule has 2 aromatic rings. The molecule has 3 N–H and O–H groups in total. The third kappa shape index (κ3) is 4.97. The van der Waals surface area contributed by atoms with Crippen molar-refractivity contribution in [1.29, 1.82) is 5.26 Å². The number of nitriles is 1. The highest BCUT2D eigenvalue weighted by atomic mass is 35.5. The molecule has 6 heteroatoms. The Kier molecular flexibility index (Phi) is 6.00. The standard InChI is InChI=1S/C17H15Cl2N3O/c1-11(12-3-2-4-14(18)7-12)21-10-17(23)22-16-8-15(19)6-5-13(16)9-20/h2-8,11,21H,10H2,1H3,(H,22,23)/p+1/t11-/m0/s1. The van der Waals surface area contributed by atoms with Crippen LogP contribution in [-0.2, 0) is 4.79 Å². The number of nitrogens with zero attached hydrogens (tertiary/aromatic N) is 1. The smallest absolute Gasteiger partial charge is 0.279 e. The molecule has 0 radical (unpaired) electrons. The number of amides is 1. The Morgan fingerprint density at radius 1 is 1.26 bits per heavy atom. The van der Waals surface area contributed by atoms with E-state index in [1.165, 1.54) is 0 Å². The minimum Gasteiger partial charge on any atom is -0.333 e. The summed E-state index contributed by atoms with van der Waals surface area (Å²) in [6, 6.07) is 14.4. The number of rotatable bonds is 5. The highest BCUT2D eigenvalue weighted by Crippen LogP contribution is 2.20. The van der Waals surface area contributed by atoms with Crippen LogP contribution in [-0.4, -0.2) is 12.5 Å². The normalized spacial score (nSPS) is 11.6. The first-order valence-electron chi connectivity index (χ1n) is 7.08. The summed E-state index contributed by atoms with van der Waals surface area (Å²) in [7, 11) is 0. The quantitative estimate of drug-likeness (QED) is 0.871. The maximum atomic E-state index is 12.1. The van der Waals surface area contributed by atoms with Crippen LogP contribution in [0.4, 0.5) is 5.69 Å². The molecule has 0 saturated heterocycles. The van der Waals surface area contributed by atoms with Crippen LogP contribution in [0, 0.1) is 11.3 Å². The maximum Gasteiger partial charge on any atom is 0.279 e. The summed E-state index contributed by atoms with van der Waals surface area (Å²) in [5, 5.41) is 14.8. The Hall–Kier alpha value is -2.06. The van der Waals surface area contributed by atoms with Crippen LogP contribution < -0.4 is 10.6 Å². The van der Waals surface area contributed by atoms with Crippen LogP contribution in [0.3, 0.4) is 0 Å². The van der Waals surface area contributed by atoms with Crippen molar-refractivity contribution in [2.75, 3.05) is 11.9 Å². The summed E-state index contributed by atoms with van der Waals surface area (Å²) in [6.07, 6.45) is 0. The van der Waals surface area contributed by atoms with Crippen LogP contribution in [0.1, 0.15) is 24.1 Å². The van der Waals surface area contributed by atoms with Crippen LogP contribution in [0.15, 0.2) is 42.5 Å². The van der Waals surface area contributed by atoms with Gasteiger partial charge in [0.1, 0.15) is 12.1 Å². The summed E-state index contributed by atoms with van der Waals surface area (Å²) < 4.78 is 0. The second-order valence-electron chi connectivity index (χ2n) is 5.13. The number of nitrogens with two attached hydrogens (primary N) is 1.